The Kier molecular flexibility index (Phi) is 5.22. The van der Waals surface area contributed by atoms with E-state index in [0.717, 1.165) is 51.4 Å². The van der Waals surface area contributed by atoms with E-state index in [1.165, 1.54) is 12.8 Å². The highest BCUT2D eigenvalue weighted by molar-refractivity contribution is 5.82. The van der Waals surface area contributed by atoms with Crippen LogP contribution in [-0.2, 0) is 9.53 Å². The first-order valence-corrected chi connectivity index (χ1v) is 7.72. The van der Waals surface area contributed by atoms with E-state index in [-0.39, 0.29) is 5.41 Å². The summed E-state index contributed by atoms with van der Waals surface area (Å²) in [5, 5.41) is 3.34. The maximum absolute atomic E-state index is 12.6. The van der Waals surface area contributed by atoms with Crippen LogP contribution in [0.25, 0.3) is 0 Å². The minimum Gasteiger partial charge on any atom is -0.379 e. The summed E-state index contributed by atoms with van der Waals surface area (Å²) in [7, 11) is 1.92. The number of hydrogen-bond acceptors (Lipinski definition) is 3. The molecule has 2 aliphatic rings. The van der Waals surface area contributed by atoms with Gasteiger partial charge in [0, 0.05) is 20.2 Å². The highest BCUT2D eigenvalue weighted by Crippen LogP contribution is 2.34. The summed E-state index contributed by atoms with van der Waals surface area (Å²) in [6, 6.07) is 0. The number of hydrogen-bond donors (Lipinski definition) is 1. The number of rotatable bonds is 7. The second-order valence-electron chi connectivity index (χ2n) is 6.13. The highest BCUT2D eigenvalue weighted by atomic mass is 16.5. The first-order valence-electron chi connectivity index (χ1n) is 7.72. The lowest BCUT2D eigenvalue weighted by Crippen LogP contribution is -2.48. The van der Waals surface area contributed by atoms with Crippen molar-refractivity contribution in [3.05, 3.63) is 0 Å². The predicted octanol–water partition coefficient (Wildman–Crippen LogP) is 1.65. The second kappa shape index (κ2) is 6.71. The Balaban J connectivity index is 1.75. The lowest BCUT2D eigenvalue weighted by Gasteiger charge is -2.38. The summed E-state index contributed by atoms with van der Waals surface area (Å²) in [6.45, 7) is 6.35. The molecule has 2 fully saturated rings. The third-order valence-corrected chi connectivity index (χ3v) is 4.66. The van der Waals surface area contributed by atoms with Gasteiger partial charge in [-0.05, 0) is 51.1 Å². The minimum absolute atomic E-state index is 0.128. The van der Waals surface area contributed by atoms with E-state index in [0.29, 0.717) is 12.5 Å². The van der Waals surface area contributed by atoms with Gasteiger partial charge in [-0.25, -0.2) is 0 Å². The minimum atomic E-state index is -0.128. The maximum Gasteiger partial charge on any atom is 0.228 e. The van der Waals surface area contributed by atoms with Crippen molar-refractivity contribution in [3.63, 3.8) is 0 Å². The van der Waals surface area contributed by atoms with Gasteiger partial charge in [-0.3, -0.25) is 4.79 Å². The molecule has 0 aromatic heterocycles. The van der Waals surface area contributed by atoms with Crippen molar-refractivity contribution in [2.24, 2.45) is 11.3 Å². The quantitative estimate of drug-likeness (QED) is 0.714. The van der Waals surface area contributed by atoms with Gasteiger partial charge in [0.05, 0.1) is 12.0 Å². The summed E-state index contributed by atoms with van der Waals surface area (Å²) >= 11 is 0. The van der Waals surface area contributed by atoms with Crippen molar-refractivity contribution in [2.75, 3.05) is 39.9 Å². The molecule has 0 radical (unpaired) electrons. The highest BCUT2D eigenvalue weighted by Gasteiger charge is 2.39. The molecule has 1 amide bonds. The molecular weight excluding hydrogens is 240 g/mol. The fourth-order valence-corrected chi connectivity index (χ4v) is 2.87. The molecule has 0 aromatic rings. The summed E-state index contributed by atoms with van der Waals surface area (Å²) in [5.74, 6) is 1.11. The van der Waals surface area contributed by atoms with E-state index < -0.39 is 0 Å². The van der Waals surface area contributed by atoms with Gasteiger partial charge in [-0.1, -0.05) is 6.92 Å². The van der Waals surface area contributed by atoms with E-state index in [2.05, 4.69) is 12.2 Å². The molecule has 110 valence electrons. The van der Waals surface area contributed by atoms with Crippen molar-refractivity contribution >= 4 is 5.91 Å². The average Bonchev–Trinajstić information content (AvgIpc) is 3.27. The molecule has 0 spiro atoms. The Morgan fingerprint density at radius 3 is 2.63 bits per heavy atom. The van der Waals surface area contributed by atoms with Gasteiger partial charge in [-0.2, -0.15) is 0 Å². The van der Waals surface area contributed by atoms with Gasteiger partial charge in [-0.15, -0.1) is 0 Å². The predicted molar refractivity (Wildman–Crippen MR) is 76.0 cm³/mol. The Morgan fingerprint density at radius 2 is 2.05 bits per heavy atom. The second-order valence-corrected chi connectivity index (χ2v) is 6.13. The number of piperidine rings is 1. The van der Waals surface area contributed by atoms with E-state index >= 15 is 0 Å². The Labute approximate surface area is 116 Å². The molecule has 4 heteroatoms. The fourth-order valence-electron chi connectivity index (χ4n) is 2.87. The molecule has 2 rings (SSSR count). The topological polar surface area (TPSA) is 41.6 Å². The molecule has 1 aliphatic carbocycles. The molecule has 0 aromatic carbocycles. The molecule has 0 unspecified atom stereocenters. The third-order valence-electron chi connectivity index (χ3n) is 4.66. The van der Waals surface area contributed by atoms with Crippen LogP contribution in [0.3, 0.4) is 0 Å². The number of ether oxygens (including phenoxy) is 1. The Bertz CT molecular complexity index is 297. The average molecular weight is 268 g/mol. The van der Waals surface area contributed by atoms with Crippen molar-refractivity contribution in [3.8, 4) is 0 Å². The monoisotopic (exact) mass is 268 g/mol. The molecule has 19 heavy (non-hydrogen) atoms. The van der Waals surface area contributed by atoms with Crippen LogP contribution in [0.4, 0.5) is 0 Å². The largest absolute Gasteiger partial charge is 0.379 e. The van der Waals surface area contributed by atoms with Gasteiger partial charge in [0.2, 0.25) is 5.91 Å². The molecule has 1 N–H and O–H groups in total. The smallest absolute Gasteiger partial charge is 0.228 e. The number of nitrogens with zero attached hydrogens (tertiary/aromatic N) is 1. The first kappa shape index (κ1) is 14.8. The van der Waals surface area contributed by atoms with Gasteiger partial charge in [0.1, 0.15) is 0 Å². The lowest BCUT2D eigenvalue weighted by atomic mass is 9.75. The van der Waals surface area contributed by atoms with Crippen LogP contribution in [-0.4, -0.2) is 50.7 Å². The Hall–Kier alpha value is -0.610. The maximum atomic E-state index is 12.6. The first-order chi connectivity index (χ1) is 9.18. The standard InChI is InChI=1S/C15H28N2O2/c1-3-15(6-8-16-9-7-15)14(18)17(2)10-11-19-12-13-4-5-13/h13,16H,3-12H2,1-2H3. The van der Waals surface area contributed by atoms with Crippen molar-refractivity contribution < 1.29 is 9.53 Å². The zero-order valence-corrected chi connectivity index (χ0v) is 12.4. The van der Waals surface area contributed by atoms with Crippen LogP contribution in [0.1, 0.15) is 39.0 Å². The number of amides is 1. The van der Waals surface area contributed by atoms with Crippen LogP contribution < -0.4 is 5.32 Å². The van der Waals surface area contributed by atoms with Gasteiger partial charge < -0.3 is 15.0 Å². The number of likely N-dealkylation sites (N-methyl/N-ethyl adjacent to an activating group) is 1. The van der Waals surface area contributed by atoms with Crippen molar-refractivity contribution in [1.82, 2.24) is 10.2 Å². The van der Waals surface area contributed by atoms with Crippen LogP contribution in [0.5, 0.6) is 0 Å². The zero-order valence-electron chi connectivity index (χ0n) is 12.4. The number of carbonyl (C=O) groups excluding carboxylic acids is 1. The van der Waals surface area contributed by atoms with Crippen LogP contribution >= 0.6 is 0 Å². The van der Waals surface area contributed by atoms with Crippen LogP contribution in [0, 0.1) is 11.3 Å². The van der Waals surface area contributed by atoms with Crippen LogP contribution in [0.2, 0.25) is 0 Å². The van der Waals surface area contributed by atoms with Crippen LogP contribution in [0.15, 0.2) is 0 Å². The van der Waals surface area contributed by atoms with Gasteiger partial charge in [0.15, 0.2) is 0 Å². The van der Waals surface area contributed by atoms with E-state index in [1.54, 1.807) is 0 Å². The number of nitrogens with one attached hydrogen (secondary N) is 1. The van der Waals surface area contributed by atoms with Gasteiger partial charge in [0.25, 0.3) is 0 Å². The van der Waals surface area contributed by atoms with E-state index in [9.17, 15) is 4.79 Å². The molecular formula is C15H28N2O2. The number of carbonyl (C=O) groups is 1. The summed E-state index contributed by atoms with van der Waals surface area (Å²) in [4.78, 5) is 14.5. The van der Waals surface area contributed by atoms with Crippen molar-refractivity contribution in [2.45, 2.75) is 39.0 Å². The Morgan fingerprint density at radius 1 is 1.37 bits per heavy atom. The molecule has 1 saturated carbocycles. The SMILES string of the molecule is CCC1(C(=O)N(C)CCOCC2CC2)CCNCC1. The molecule has 1 heterocycles. The van der Waals surface area contributed by atoms with Gasteiger partial charge >= 0.3 is 0 Å². The molecule has 4 nitrogen and oxygen atoms in total. The van der Waals surface area contributed by atoms with Crippen molar-refractivity contribution in [1.29, 1.82) is 0 Å². The lowest BCUT2D eigenvalue weighted by molar-refractivity contribution is -0.143. The normalized spacial score (nSPS) is 22.2. The zero-order chi connectivity index (χ0) is 13.7. The third kappa shape index (κ3) is 3.93. The summed E-state index contributed by atoms with van der Waals surface area (Å²) < 4.78 is 5.63. The summed E-state index contributed by atoms with van der Waals surface area (Å²) in [6.07, 6.45) is 5.52. The molecule has 0 atom stereocenters. The van der Waals surface area contributed by atoms with E-state index in [1.807, 2.05) is 11.9 Å². The molecule has 0 bridgehead atoms. The van der Waals surface area contributed by atoms with E-state index in [4.69, 9.17) is 4.74 Å². The molecule has 1 saturated heterocycles. The molecule has 1 aliphatic heterocycles. The fraction of sp³-hybridized carbons (Fsp3) is 0.933. The summed E-state index contributed by atoms with van der Waals surface area (Å²) in [5.41, 5.74) is -0.128.